The van der Waals surface area contributed by atoms with Gasteiger partial charge in [0.05, 0.1) is 0 Å². The Morgan fingerprint density at radius 2 is 2.38 bits per heavy atom. The third-order valence-electron chi connectivity index (χ3n) is 1.81. The van der Waals surface area contributed by atoms with E-state index in [0.29, 0.717) is 6.54 Å². The number of nitrogens with zero attached hydrogens (tertiary/aromatic N) is 1. The maximum absolute atomic E-state index is 11.2. The summed E-state index contributed by atoms with van der Waals surface area (Å²) in [6.07, 6.45) is 2.66. The number of nitrogens with one attached hydrogen (secondary N) is 1. The van der Waals surface area contributed by atoms with Crippen LogP contribution in [0.5, 0.6) is 0 Å². The van der Waals surface area contributed by atoms with Gasteiger partial charge in [0.15, 0.2) is 0 Å². The Kier molecular flexibility index (Phi) is 3.52. The summed E-state index contributed by atoms with van der Waals surface area (Å²) in [6.45, 7) is 1.47. The van der Waals surface area contributed by atoms with E-state index < -0.39 is 0 Å². The number of hydrogen-bond donors (Lipinski definition) is 2. The van der Waals surface area contributed by atoms with Crippen molar-refractivity contribution in [3.63, 3.8) is 0 Å². The Labute approximate surface area is 77.4 Å². The number of nitrogens with two attached hydrogens (primary N) is 1. The van der Waals surface area contributed by atoms with Gasteiger partial charge >= 0.3 is 0 Å². The first kappa shape index (κ1) is 9.80. The summed E-state index contributed by atoms with van der Waals surface area (Å²) in [7, 11) is 1.73. The van der Waals surface area contributed by atoms with Crippen molar-refractivity contribution >= 4 is 5.69 Å². The van der Waals surface area contributed by atoms with Gasteiger partial charge in [0, 0.05) is 31.5 Å². The molecule has 1 rings (SSSR count). The molecule has 72 valence electrons. The molecule has 0 aromatic carbocycles. The van der Waals surface area contributed by atoms with Gasteiger partial charge in [-0.05, 0) is 19.0 Å². The molecule has 0 saturated carbocycles. The summed E-state index contributed by atoms with van der Waals surface area (Å²) in [4.78, 5) is 11.2. The van der Waals surface area contributed by atoms with Crippen LogP contribution in [-0.2, 0) is 7.05 Å². The second-order valence-corrected chi connectivity index (χ2v) is 2.93. The minimum atomic E-state index is -0.00208. The first-order valence-corrected chi connectivity index (χ1v) is 4.34. The fourth-order valence-electron chi connectivity index (χ4n) is 0.993. The van der Waals surface area contributed by atoms with Gasteiger partial charge in [0.25, 0.3) is 5.56 Å². The maximum Gasteiger partial charge on any atom is 0.252 e. The molecule has 0 aliphatic rings. The van der Waals surface area contributed by atoms with Crippen LogP contribution in [0.3, 0.4) is 0 Å². The highest BCUT2D eigenvalue weighted by Crippen LogP contribution is 2.00. The predicted molar refractivity (Wildman–Crippen MR) is 53.8 cm³/mol. The Hall–Kier alpha value is -1.29. The SMILES string of the molecule is Cn1ccc(NCCCN)cc1=O. The highest BCUT2D eigenvalue weighted by molar-refractivity contribution is 5.40. The van der Waals surface area contributed by atoms with Gasteiger partial charge in [-0.1, -0.05) is 0 Å². The largest absolute Gasteiger partial charge is 0.385 e. The smallest absolute Gasteiger partial charge is 0.252 e. The third-order valence-corrected chi connectivity index (χ3v) is 1.81. The minimum absolute atomic E-state index is 0.00208. The summed E-state index contributed by atoms with van der Waals surface area (Å²) in [5.74, 6) is 0. The van der Waals surface area contributed by atoms with Crippen molar-refractivity contribution in [3.8, 4) is 0 Å². The zero-order chi connectivity index (χ0) is 9.68. The minimum Gasteiger partial charge on any atom is -0.385 e. The predicted octanol–water partition coefficient (Wildman–Crippen LogP) is 0.146. The van der Waals surface area contributed by atoms with Crippen LogP contribution in [-0.4, -0.2) is 17.7 Å². The second kappa shape index (κ2) is 4.67. The fraction of sp³-hybridized carbons (Fsp3) is 0.444. The Morgan fingerprint density at radius 1 is 1.62 bits per heavy atom. The van der Waals surface area contributed by atoms with Crippen LogP contribution in [0.4, 0.5) is 5.69 Å². The Morgan fingerprint density at radius 3 is 3.00 bits per heavy atom. The molecule has 0 radical (unpaired) electrons. The van der Waals surface area contributed by atoms with Crippen LogP contribution >= 0.6 is 0 Å². The lowest BCUT2D eigenvalue weighted by molar-refractivity contribution is 0.851. The maximum atomic E-state index is 11.2. The lowest BCUT2D eigenvalue weighted by Crippen LogP contribution is -2.16. The van der Waals surface area contributed by atoms with Crippen molar-refractivity contribution < 1.29 is 0 Å². The first-order valence-electron chi connectivity index (χ1n) is 4.34. The molecule has 0 spiro atoms. The average Bonchev–Trinajstić information content (AvgIpc) is 2.12. The van der Waals surface area contributed by atoms with E-state index in [1.807, 2.05) is 6.07 Å². The van der Waals surface area contributed by atoms with E-state index in [-0.39, 0.29) is 5.56 Å². The van der Waals surface area contributed by atoms with Gasteiger partial charge in [-0.3, -0.25) is 4.79 Å². The summed E-state index contributed by atoms with van der Waals surface area (Å²) in [6, 6.07) is 3.45. The molecule has 0 amide bonds. The molecule has 0 aliphatic carbocycles. The normalized spacial score (nSPS) is 10.0. The molecule has 13 heavy (non-hydrogen) atoms. The van der Waals surface area contributed by atoms with Gasteiger partial charge in [-0.2, -0.15) is 0 Å². The van der Waals surface area contributed by atoms with Crippen molar-refractivity contribution in [2.24, 2.45) is 12.8 Å². The fourth-order valence-corrected chi connectivity index (χ4v) is 0.993. The molecule has 0 aliphatic heterocycles. The Balaban J connectivity index is 2.58. The van der Waals surface area contributed by atoms with E-state index in [1.54, 1.807) is 19.3 Å². The monoisotopic (exact) mass is 181 g/mol. The van der Waals surface area contributed by atoms with Crippen LogP contribution in [0.25, 0.3) is 0 Å². The van der Waals surface area contributed by atoms with Crippen molar-refractivity contribution in [2.75, 3.05) is 18.4 Å². The zero-order valence-electron chi connectivity index (χ0n) is 7.79. The zero-order valence-corrected chi connectivity index (χ0v) is 7.79. The van der Waals surface area contributed by atoms with Crippen molar-refractivity contribution in [2.45, 2.75) is 6.42 Å². The van der Waals surface area contributed by atoms with E-state index >= 15 is 0 Å². The van der Waals surface area contributed by atoms with E-state index in [9.17, 15) is 4.79 Å². The van der Waals surface area contributed by atoms with Crippen molar-refractivity contribution in [3.05, 3.63) is 28.7 Å². The lowest BCUT2D eigenvalue weighted by Gasteiger charge is -2.05. The quantitative estimate of drug-likeness (QED) is 0.650. The number of aryl methyl sites for hydroxylation is 1. The summed E-state index contributed by atoms with van der Waals surface area (Å²) < 4.78 is 1.54. The van der Waals surface area contributed by atoms with Crippen LogP contribution in [0, 0.1) is 0 Å². The molecule has 0 atom stereocenters. The van der Waals surface area contributed by atoms with Crippen LogP contribution in [0.2, 0.25) is 0 Å². The molecule has 4 nitrogen and oxygen atoms in total. The molecule has 3 N–H and O–H groups in total. The summed E-state index contributed by atoms with van der Waals surface area (Å²) in [5.41, 5.74) is 6.20. The van der Waals surface area contributed by atoms with Crippen LogP contribution < -0.4 is 16.6 Å². The third kappa shape index (κ3) is 2.91. The lowest BCUT2D eigenvalue weighted by atomic mass is 10.3. The number of hydrogen-bond acceptors (Lipinski definition) is 3. The van der Waals surface area contributed by atoms with Crippen molar-refractivity contribution in [1.29, 1.82) is 0 Å². The second-order valence-electron chi connectivity index (χ2n) is 2.93. The van der Waals surface area contributed by atoms with Crippen LogP contribution in [0.1, 0.15) is 6.42 Å². The molecule has 1 aromatic rings. The topological polar surface area (TPSA) is 60.1 Å². The molecule has 0 saturated heterocycles. The number of anilines is 1. The molecular weight excluding hydrogens is 166 g/mol. The molecule has 1 aromatic heterocycles. The average molecular weight is 181 g/mol. The van der Waals surface area contributed by atoms with E-state index in [0.717, 1.165) is 18.7 Å². The number of aromatic nitrogens is 1. The van der Waals surface area contributed by atoms with Gasteiger partial charge < -0.3 is 15.6 Å². The van der Waals surface area contributed by atoms with E-state index in [2.05, 4.69) is 5.32 Å². The molecular formula is C9H15N3O. The molecule has 1 heterocycles. The van der Waals surface area contributed by atoms with Gasteiger partial charge in [-0.25, -0.2) is 0 Å². The number of rotatable bonds is 4. The first-order chi connectivity index (χ1) is 6.24. The van der Waals surface area contributed by atoms with Crippen molar-refractivity contribution in [1.82, 2.24) is 4.57 Å². The number of pyridine rings is 1. The highest BCUT2D eigenvalue weighted by atomic mass is 16.1. The standard InChI is InChI=1S/C9H15N3O/c1-12-6-3-8(7-9(12)13)11-5-2-4-10/h3,6-7,11H,2,4-5,10H2,1H3. The van der Waals surface area contributed by atoms with Gasteiger partial charge in [0.2, 0.25) is 0 Å². The summed E-state index contributed by atoms with van der Waals surface area (Å²) in [5, 5.41) is 3.12. The van der Waals surface area contributed by atoms with Crippen LogP contribution in [0.15, 0.2) is 23.1 Å². The summed E-state index contributed by atoms with van der Waals surface area (Å²) >= 11 is 0. The Bertz CT molecular complexity index is 319. The molecule has 0 fully saturated rings. The molecule has 4 heteroatoms. The van der Waals surface area contributed by atoms with Gasteiger partial charge in [0.1, 0.15) is 0 Å². The van der Waals surface area contributed by atoms with E-state index in [4.69, 9.17) is 5.73 Å². The highest BCUT2D eigenvalue weighted by Gasteiger charge is 1.93. The molecule has 0 bridgehead atoms. The van der Waals surface area contributed by atoms with E-state index in [1.165, 1.54) is 4.57 Å². The molecule has 0 unspecified atom stereocenters. The van der Waals surface area contributed by atoms with Gasteiger partial charge in [-0.15, -0.1) is 0 Å².